The molecule has 2 N–H and O–H groups in total. The van der Waals surface area contributed by atoms with Crippen molar-refractivity contribution in [3.05, 3.63) is 0 Å². The van der Waals surface area contributed by atoms with Gasteiger partial charge in [-0.1, -0.05) is 0 Å². The number of rotatable bonds is 3. The molecule has 1 heterocycles. The molecule has 0 aromatic carbocycles. The van der Waals surface area contributed by atoms with Crippen LogP contribution in [-0.2, 0) is 9.53 Å². The maximum atomic E-state index is 10.1. The average Bonchev–Trinajstić information content (AvgIpc) is 2.34. The van der Waals surface area contributed by atoms with Gasteiger partial charge in [-0.05, 0) is 6.42 Å². The van der Waals surface area contributed by atoms with Gasteiger partial charge in [0.05, 0.1) is 13.3 Å². The lowest BCUT2D eigenvalue weighted by molar-refractivity contribution is -0.137. The molecule has 4 nitrogen and oxygen atoms in total. The predicted molar refractivity (Wildman–Crippen MR) is 34.6 cm³/mol. The standard InChI is InChI=1S/C6H11NO3/c8-6(9)2-1-5-3-10-4-7-5/h5,7H,1-4H2,(H,8,9)/t5-/m0/s1. The van der Waals surface area contributed by atoms with Gasteiger partial charge in [0.25, 0.3) is 0 Å². The zero-order chi connectivity index (χ0) is 7.40. The first-order chi connectivity index (χ1) is 4.79. The van der Waals surface area contributed by atoms with E-state index in [2.05, 4.69) is 5.32 Å². The Morgan fingerprint density at radius 3 is 3.10 bits per heavy atom. The normalized spacial score (nSPS) is 25.0. The summed E-state index contributed by atoms with van der Waals surface area (Å²) in [6.45, 7) is 1.21. The van der Waals surface area contributed by atoms with E-state index in [0.29, 0.717) is 19.8 Å². The molecule has 0 radical (unpaired) electrons. The Morgan fingerprint density at radius 2 is 2.60 bits per heavy atom. The van der Waals surface area contributed by atoms with Crippen LogP contribution in [0.5, 0.6) is 0 Å². The highest BCUT2D eigenvalue weighted by Crippen LogP contribution is 2.02. The predicted octanol–water partition coefficient (Wildman–Crippen LogP) is -0.203. The van der Waals surface area contributed by atoms with E-state index in [4.69, 9.17) is 9.84 Å². The summed E-state index contributed by atoms with van der Waals surface area (Å²) in [5.41, 5.74) is 0. The van der Waals surface area contributed by atoms with Crippen LogP contribution < -0.4 is 5.32 Å². The summed E-state index contributed by atoms with van der Waals surface area (Å²) < 4.78 is 4.99. The average molecular weight is 145 g/mol. The van der Waals surface area contributed by atoms with Gasteiger partial charge in [-0.3, -0.25) is 10.1 Å². The third kappa shape index (κ3) is 2.33. The molecule has 4 heteroatoms. The van der Waals surface area contributed by atoms with Crippen molar-refractivity contribution in [2.75, 3.05) is 13.3 Å². The van der Waals surface area contributed by atoms with E-state index >= 15 is 0 Å². The van der Waals surface area contributed by atoms with Crippen molar-refractivity contribution in [2.45, 2.75) is 18.9 Å². The van der Waals surface area contributed by atoms with Crippen molar-refractivity contribution in [1.29, 1.82) is 0 Å². The lowest BCUT2D eigenvalue weighted by Gasteiger charge is -2.03. The molecular weight excluding hydrogens is 134 g/mol. The second kappa shape index (κ2) is 3.53. The Morgan fingerprint density at radius 1 is 1.80 bits per heavy atom. The number of aliphatic carboxylic acids is 1. The molecule has 1 atom stereocenters. The van der Waals surface area contributed by atoms with Gasteiger partial charge in [0, 0.05) is 12.5 Å². The Kier molecular flexibility index (Phi) is 2.65. The Labute approximate surface area is 59.2 Å². The van der Waals surface area contributed by atoms with Crippen LogP contribution in [0.4, 0.5) is 0 Å². The van der Waals surface area contributed by atoms with Gasteiger partial charge < -0.3 is 9.84 Å². The van der Waals surface area contributed by atoms with Crippen molar-refractivity contribution >= 4 is 5.97 Å². The molecule has 58 valence electrons. The van der Waals surface area contributed by atoms with E-state index < -0.39 is 5.97 Å². The number of hydrogen-bond donors (Lipinski definition) is 2. The van der Waals surface area contributed by atoms with Gasteiger partial charge in [-0.2, -0.15) is 0 Å². The van der Waals surface area contributed by atoms with Crippen LogP contribution in [0.3, 0.4) is 0 Å². The van der Waals surface area contributed by atoms with E-state index in [1.54, 1.807) is 0 Å². The summed E-state index contributed by atoms with van der Waals surface area (Å²) in [6, 6.07) is 0.246. The monoisotopic (exact) mass is 145 g/mol. The van der Waals surface area contributed by atoms with Gasteiger partial charge in [0.1, 0.15) is 0 Å². The molecule has 1 aliphatic rings. The topological polar surface area (TPSA) is 58.6 Å². The minimum Gasteiger partial charge on any atom is -0.481 e. The number of hydrogen-bond acceptors (Lipinski definition) is 3. The van der Waals surface area contributed by atoms with Gasteiger partial charge in [-0.25, -0.2) is 0 Å². The molecule has 1 rings (SSSR count). The SMILES string of the molecule is O=C(O)CC[C@H]1COCN1. The van der Waals surface area contributed by atoms with Gasteiger partial charge in [-0.15, -0.1) is 0 Å². The first-order valence-electron chi connectivity index (χ1n) is 3.32. The zero-order valence-electron chi connectivity index (χ0n) is 5.67. The number of carboxylic acids is 1. The van der Waals surface area contributed by atoms with E-state index in [9.17, 15) is 4.79 Å². The maximum Gasteiger partial charge on any atom is 0.303 e. The van der Waals surface area contributed by atoms with Crippen molar-refractivity contribution < 1.29 is 14.6 Å². The van der Waals surface area contributed by atoms with Gasteiger partial charge in [0.15, 0.2) is 0 Å². The molecular formula is C6H11NO3. The quantitative estimate of drug-likeness (QED) is 0.577. The number of carboxylic acid groups (broad SMARTS) is 1. The Balaban J connectivity index is 2.07. The fourth-order valence-corrected chi connectivity index (χ4v) is 0.920. The molecule has 0 aromatic heterocycles. The first-order valence-corrected chi connectivity index (χ1v) is 3.32. The fourth-order valence-electron chi connectivity index (χ4n) is 0.920. The van der Waals surface area contributed by atoms with Crippen LogP contribution >= 0.6 is 0 Å². The van der Waals surface area contributed by atoms with E-state index in [-0.39, 0.29) is 12.5 Å². The Bertz CT molecular complexity index is 120. The number of carbonyl (C=O) groups is 1. The summed E-state index contributed by atoms with van der Waals surface area (Å²) in [5, 5.41) is 11.3. The maximum absolute atomic E-state index is 10.1. The second-order valence-electron chi connectivity index (χ2n) is 2.35. The second-order valence-corrected chi connectivity index (χ2v) is 2.35. The molecule has 1 fully saturated rings. The molecule has 0 saturated carbocycles. The molecule has 0 aromatic rings. The highest BCUT2D eigenvalue weighted by Gasteiger charge is 2.14. The number of nitrogens with one attached hydrogen (secondary N) is 1. The summed E-state index contributed by atoms with van der Waals surface area (Å²) in [7, 11) is 0. The van der Waals surface area contributed by atoms with E-state index in [1.165, 1.54) is 0 Å². The van der Waals surface area contributed by atoms with Crippen LogP contribution in [0.15, 0.2) is 0 Å². The molecule has 0 spiro atoms. The lowest BCUT2D eigenvalue weighted by Crippen LogP contribution is -2.24. The van der Waals surface area contributed by atoms with Crippen LogP contribution in [-0.4, -0.2) is 30.5 Å². The smallest absolute Gasteiger partial charge is 0.303 e. The van der Waals surface area contributed by atoms with Crippen molar-refractivity contribution in [1.82, 2.24) is 5.32 Å². The molecule has 0 amide bonds. The molecule has 0 aliphatic carbocycles. The molecule has 0 bridgehead atoms. The highest BCUT2D eigenvalue weighted by atomic mass is 16.5. The summed E-state index contributed by atoms with van der Waals surface area (Å²) >= 11 is 0. The molecule has 1 aliphatic heterocycles. The molecule has 1 saturated heterocycles. The number of ether oxygens (including phenoxy) is 1. The van der Waals surface area contributed by atoms with Crippen LogP contribution in [0.1, 0.15) is 12.8 Å². The third-order valence-corrected chi connectivity index (χ3v) is 1.50. The minimum absolute atomic E-state index is 0.223. The summed E-state index contributed by atoms with van der Waals surface area (Å²) in [4.78, 5) is 10.1. The van der Waals surface area contributed by atoms with Crippen LogP contribution in [0.2, 0.25) is 0 Å². The van der Waals surface area contributed by atoms with Crippen molar-refractivity contribution in [2.24, 2.45) is 0 Å². The minimum atomic E-state index is -0.742. The molecule has 10 heavy (non-hydrogen) atoms. The zero-order valence-corrected chi connectivity index (χ0v) is 5.67. The van der Waals surface area contributed by atoms with E-state index in [0.717, 1.165) is 0 Å². The van der Waals surface area contributed by atoms with E-state index in [1.807, 2.05) is 0 Å². The largest absolute Gasteiger partial charge is 0.481 e. The first kappa shape index (κ1) is 7.50. The van der Waals surface area contributed by atoms with Crippen LogP contribution in [0.25, 0.3) is 0 Å². The summed E-state index contributed by atoms with van der Waals surface area (Å²) in [5.74, 6) is -0.742. The van der Waals surface area contributed by atoms with Crippen LogP contribution in [0, 0.1) is 0 Å². The van der Waals surface area contributed by atoms with Gasteiger partial charge >= 0.3 is 5.97 Å². The lowest BCUT2D eigenvalue weighted by atomic mass is 10.2. The van der Waals surface area contributed by atoms with Crippen molar-refractivity contribution in [3.8, 4) is 0 Å². The van der Waals surface area contributed by atoms with Gasteiger partial charge in [0.2, 0.25) is 0 Å². The fraction of sp³-hybridized carbons (Fsp3) is 0.833. The molecule has 0 unspecified atom stereocenters. The van der Waals surface area contributed by atoms with Crippen molar-refractivity contribution in [3.63, 3.8) is 0 Å². The highest BCUT2D eigenvalue weighted by molar-refractivity contribution is 5.66. The summed E-state index contributed by atoms with van der Waals surface area (Å²) in [6.07, 6.45) is 0.885. The Hall–Kier alpha value is -0.610. The third-order valence-electron chi connectivity index (χ3n) is 1.50.